The van der Waals surface area contributed by atoms with Crippen LogP contribution in [-0.2, 0) is 13.0 Å². The van der Waals surface area contributed by atoms with Gasteiger partial charge in [-0.2, -0.15) is 5.10 Å². The molecule has 0 saturated heterocycles. The molecule has 31 heavy (non-hydrogen) atoms. The van der Waals surface area contributed by atoms with Crippen LogP contribution in [0.1, 0.15) is 30.0 Å². The van der Waals surface area contributed by atoms with Crippen molar-refractivity contribution in [2.45, 2.75) is 26.3 Å². The van der Waals surface area contributed by atoms with Crippen LogP contribution in [0.25, 0.3) is 17.1 Å². The number of nitrogens with zero attached hydrogens (tertiary/aromatic N) is 4. The van der Waals surface area contributed by atoms with Crippen LogP contribution >= 0.6 is 0 Å². The van der Waals surface area contributed by atoms with Crippen LogP contribution in [0.4, 0.5) is 13.2 Å². The van der Waals surface area contributed by atoms with Gasteiger partial charge in [0.15, 0.2) is 0 Å². The van der Waals surface area contributed by atoms with Crippen LogP contribution in [0.5, 0.6) is 0 Å². The molecule has 0 bridgehead atoms. The minimum Gasteiger partial charge on any atom is -0.273 e. The lowest BCUT2D eigenvalue weighted by atomic mass is 10.1. The monoisotopic (exact) mass is 424 g/mol. The first-order valence-electron chi connectivity index (χ1n) is 9.73. The number of hydrogen-bond acceptors (Lipinski definition) is 3. The van der Waals surface area contributed by atoms with E-state index < -0.39 is 12.2 Å². The normalized spacial score (nSPS) is 11.3. The predicted molar refractivity (Wildman–Crippen MR) is 111 cm³/mol. The summed E-state index contributed by atoms with van der Waals surface area (Å²) in [7, 11) is 0. The molecular weight excluding hydrogens is 405 g/mol. The van der Waals surface area contributed by atoms with Crippen molar-refractivity contribution in [2.75, 3.05) is 0 Å². The molecule has 4 aromatic rings. The van der Waals surface area contributed by atoms with Gasteiger partial charge >= 0.3 is 0 Å². The molecule has 4 rings (SSSR count). The summed E-state index contributed by atoms with van der Waals surface area (Å²) in [5, 5.41) is 4.21. The van der Waals surface area contributed by atoms with Crippen molar-refractivity contribution in [1.82, 2.24) is 19.3 Å². The summed E-state index contributed by atoms with van der Waals surface area (Å²) >= 11 is 0. The van der Waals surface area contributed by atoms with Gasteiger partial charge in [-0.05, 0) is 55.0 Å². The zero-order valence-corrected chi connectivity index (χ0v) is 16.7. The summed E-state index contributed by atoms with van der Waals surface area (Å²) in [5.74, 6) is -0.363. The molecule has 0 saturated carbocycles. The summed E-state index contributed by atoms with van der Waals surface area (Å²) in [5.41, 5.74) is 1.45. The number of alkyl halides is 2. The zero-order valence-electron chi connectivity index (χ0n) is 16.7. The van der Waals surface area contributed by atoms with Crippen LogP contribution in [0, 0.1) is 5.82 Å². The number of benzene rings is 1. The van der Waals surface area contributed by atoms with Gasteiger partial charge < -0.3 is 0 Å². The number of pyridine rings is 2. The Morgan fingerprint density at radius 3 is 2.55 bits per heavy atom. The van der Waals surface area contributed by atoms with Gasteiger partial charge in [-0.3, -0.25) is 14.0 Å². The third-order valence-corrected chi connectivity index (χ3v) is 4.90. The molecule has 3 aromatic heterocycles. The lowest BCUT2D eigenvalue weighted by Gasteiger charge is -2.12. The Labute approximate surface area is 176 Å². The van der Waals surface area contributed by atoms with Crippen molar-refractivity contribution in [3.8, 4) is 17.1 Å². The van der Waals surface area contributed by atoms with Gasteiger partial charge in [-0.15, -0.1) is 0 Å². The van der Waals surface area contributed by atoms with Crippen LogP contribution in [-0.4, -0.2) is 19.3 Å². The Balaban J connectivity index is 1.78. The van der Waals surface area contributed by atoms with Crippen molar-refractivity contribution in [3.63, 3.8) is 0 Å². The second-order valence-electron chi connectivity index (χ2n) is 7.04. The lowest BCUT2D eigenvalue weighted by Crippen LogP contribution is -2.22. The van der Waals surface area contributed by atoms with E-state index in [2.05, 4.69) is 10.1 Å². The highest BCUT2D eigenvalue weighted by Crippen LogP contribution is 2.26. The molecular formula is C23H19F3N4O. The minimum atomic E-state index is -2.75. The van der Waals surface area contributed by atoms with Crippen molar-refractivity contribution >= 4 is 0 Å². The first-order valence-corrected chi connectivity index (χ1v) is 9.73. The maximum atomic E-state index is 13.5. The third kappa shape index (κ3) is 4.42. The number of aromatic nitrogens is 4. The highest BCUT2D eigenvalue weighted by atomic mass is 19.3. The van der Waals surface area contributed by atoms with Crippen molar-refractivity contribution in [2.24, 2.45) is 0 Å². The molecule has 1 aromatic carbocycles. The number of halogens is 3. The molecule has 0 atom stereocenters. The van der Waals surface area contributed by atoms with Crippen LogP contribution in [0.15, 0.2) is 71.9 Å². The highest BCUT2D eigenvalue weighted by Gasteiger charge is 2.15. The van der Waals surface area contributed by atoms with E-state index >= 15 is 0 Å². The van der Waals surface area contributed by atoms with E-state index in [4.69, 9.17) is 0 Å². The standard InChI is InChI=1S/C23H19F3N4O/c1-2-29-14-15(13-27-29)10-17-4-3-9-30(23(17)31)21-12-18(22(25)26)11-20(28-21)16-5-7-19(24)8-6-16/h3-9,11-14,22H,2,10H2,1H3. The van der Waals surface area contributed by atoms with Gasteiger partial charge in [-0.1, -0.05) is 6.07 Å². The van der Waals surface area contributed by atoms with Gasteiger partial charge in [0, 0.05) is 42.0 Å². The fourth-order valence-corrected chi connectivity index (χ4v) is 3.30. The second kappa shape index (κ2) is 8.59. The molecule has 8 heteroatoms. The van der Waals surface area contributed by atoms with Crippen molar-refractivity contribution in [1.29, 1.82) is 0 Å². The fraction of sp³-hybridized carbons (Fsp3) is 0.174. The topological polar surface area (TPSA) is 52.7 Å². The number of aryl methyl sites for hydroxylation is 1. The molecule has 0 aliphatic rings. The molecule has 0 radical (unpaired) electrons. The summed E-state index contributed by atoms with van der Waals surface area (Å²) < 4.78 is 43.4. The van der Waals surface area contributed by atoms with Crippen molar-refractivity contribution in [3.05, 3.63) is 100.0 Å². The molecule has 5 nitrogen and oxygen atoms in total. The van der Waals surface area contributed by atoms with Gasteiger partial charge in [0.2, 0.25) is 0 Å². The summed E-state index contributed by atoms with van der Waals surface area (Å²) in [6.07, 6.45) is 2.66. The van der Waals surface area contributed by atoms with E-state index in [1.807, 2.05) is 13.1 Å². The van der Waals surface area contributed by atoms with E-state index in [1.54, 1.807) is 23.0 Å². The summed E-state index contributed by atoms with van der Waals surface area (Å²) in [4.78, 5) is 17.5. The minimum absolute atomic E-state index is 0.0771. The molecule has 0 aliphatic heterocycles. The molecule has 0 amide bonds. The summed E-state index contributed by atoms with van der Waals surface area (Å²) in [6.45, 7) is 2.68. The largest absolute Gasteiger partial charge is 0.273 e. The first-order chi connectivity index (χ1) is 14.9. The molecule has 3 heterocycles. The number of hydrogen-bond donors (Lipinski definition) is 0. The molecule has 0 spiro atoms. The smallest absolute Gasteiger partial charge is 0.264 e. The van der Waals surface area contributed by atoms with E-state index in [9.17, 15) is 18.0 Å². The van der Waals surface area contributed by atoms with E-state index in [0.29, 0.717) is 17.5 Å². The fourth-order valence-electron chi connectivity index (χ4n) is 3.30. The Hall–Kier alpha value is -3.68. The highest BCUT2D eigenvalue weighted by molar-refractivity contribution is 5.61. The van der Waals surface area contributed by atoms with E-state index in [-0.39, 0.29) is 22.6 Å². The van der Waals surface area contributed by atoms with Crippen LogP contribution in [0.2, 0.25) is 0 Å². The molecule has 0 unspecified atom stereocenters. The SMILES string of the molecule is CCn1cc(Cc2cccn(-c3cc(C(F)F)cc(-c4ccc(F)cc4)n3)c2=O)cn1. The number of rotatable bonds is 6. The van der Waals surface area contributed by atoms with Gasteiger partial charge in [0.1, 0.15) is 11.6 Å². The van der Waals surface area contributed by atoms with E-state index in [0.717, 1.165) is 12.1 Å². The second-order valence-corrected chi connectivity index (χ2v) is 7.04. The van der Waals surface area contributed by atoms with Crippen molar-refractivity contribution < 1.29 is 13.2 Å². The Morgan fingerprint density at radius 1 is 1.10 bits per heavy atom. The molecule has 0 fully saturated rings. The average Bonchev–Trinajstić information content (AvgIpc) is 3.23. The Kier molecular flexibility index (Phi) is 5.70. The maximum absolute atomic E-state index is 13.5. The first kappa shape index (κ1) is 20.6. The summed E-state index contributed by atoms with van der Waals surface area (Å²) in [6, 6.07) is 11.2. The maximum Gasteiger partial charge on any atom is 0.264 e. The van der Waals surface area contributed by atoms with Crippen LogP contribution in [0.3, 0.4) is 0 Å². The molecule has 0 aliphatic carbocycles. The van der Waals surface area contributed by atoms with Gasteiger partial charge in [0.05, 0.1) is 11.9 Å². The zero-order chi connectivity index (χ0) is 22.0. The molecule has 158 valence electrons. The van der Waals surface area contributed by atoms with E-state index in [1.165, 1.54) is 47.2 Å². The predicted octanol–water partition coefficient (Wildman–Crippen LogP) is 4.78. The third-order valence-electron chi connectivity index (χ3n) is 4.90. The quantitative estimate of drug-likeness (QED) is 0.448. The average molecular weight is 424 g/mol. The van der Waals surface area contributed by atoms with Crippen LogP contribution < -0.4 is 5.56 Å². The Bertz CT molecular complexity index is 1260. The Morgan fingerprint density at radius 2 is 1.87 bits per heavy atom. The lowest BCUT2D eigenvalue weighted by molar-refractivity contribution is 0.151. The molecule has 0 N–H and O–H groups in total. The van der Waals surface area contributed by atoms with Gasteiger partial charge in [0.25, 0.3) is 12.0 Å². The van der Waals surface area contributed by atoms with Gasteiger partial charge in [-0.25, -0.2) is 18.2 Å².